The van der Waals surface area contributed by atoms with E-state index in [4.69, 9.17) is 4.74 Å². The lowest BCUT2D eigenvalue weighted by Crippen LogP contribution is -2.61. The molecule has 7 rings (SSSR count). The molecule has 2 atom stereocenters. The number of hydrogen-bond donors (Lipinski definition) is 3. The van der Waals surface area contributed by atoms with E-state index in [-0.39, 0.29) is 11.9 Å². The quantitative estimate of drug-likeness (QED) is 0.510. The fraction of sp³-hybridized carbons (Fsp3) is 0.857. The van der Waals surface area contributed by atoms with Gasteiger partial charge in [-0.15, -0.1) is 0 Å². The molecular weight excluding hydrogens is 454 g/mol. The highest BCUT2D eigenvalue weighted by Gasteiger charge is 2.55. The van der Waals surface area contributed by atoms with Crippen molar-refractivity contribution in [3.63, 3.8) is 0 Å². The molecule has 4 bridgehead atoms. The number of aliphatic hydroxyl groups is 1. The number of rotatable bonds is 8. The van der Waals surface area contributed by atoms with E-state index in [9.17, 15) is 9.90 Å². The van der Waals surface area contributed by atoms with Gasteiger partial charge in [-0.05, 0) is 88.1 Å². The average molecular weight is 500 g/mol. The molecular formula is C28H45N5O3. The van der Waals surface area contributed by atoms with Gasteiger partial charge in [0.1, 0.15) is 5.56 Å². The first-order chi connectivity index (χ1) is 17.6. The summed E-state index contributed by atoms with van der Waals surface area (Å²) in [7, 11) is 0. The highest BCUT2D eigenvalue weighted by Crippen LogP contribution is 2.55. The third-order valence-corrected chi connectivity index (χ3v) is 9.82. The number of aromatic nitrogens is 2. The predicted octanol–water partition coefficient (Wildman–Crippen LogP) is 2.81. The zero-order valence-corrected chi connectivity index (χ0v) is 21.8. The SMILES string of the molecule is O=C(N[C@H]1C2CC3CC1C[C@](O)(C3)C2)c1cnn(CCN2CCCNCC2)c1OCC1CCCCC1. The lowest BCUT2D eigenvalue weighted by atomic mass is 9.52. The van der Waals surface area contributed by atoms with Crippen LogP contribution in [0, 0.1) is 23.7 Å². The number of nitrogens with zero attached hydrogens (tertiary/aromatic N) is 3. The third kappa shape index (κ3) is 5.32. The molecule has 1 aromatic heterocycles. The van der Waals surface area contributed by atoms with E-state index in [2.05, 4.69) is 20.6 Å². The Labute approximate surface area is 215 Å². The summed E-state index contributed by atoms with van der Waals surface area (Å²) in [6.45, 7) is 6.57. The summed E-state index contributed by atoms with van der Waals surface area (Å²) in [5.74, 6) is 2.58. The van der Waals surface area contributed by atoms with E-state index in [1.165, 1.54) is 32.1 Å². The molecule has 0 aromatic carbocycles. The Morgan fingerprint density at radius 1 is 1.08 bits per heavy atom. The van der Waals surface area contributed by atoms with Gasteiger partial charge in [0.05, 0.1) is 24.9 Å². The zero-order valence-electron chi connectivity index (χ0n) is 21.8. The number of carbonyl (C=O) groups excluding carboxylic acids is 1. The van der Waals surface area contributed by atoms with Crippen molar-refractivity contribution in [1.29, 1.82) is 0 Å². The van der Waals surface area contributed by atoms with Gasteiger partial charge < -0.3 is 25.4 Å². The van der Waals surface area contributed by atoms with Crippen molar-refractivity contribution in [1.82, 2.24) is 25.3 Å². The second-order valence-electron chi connectivity index (χ2n) is 12.5. The molecule has 3 N–H and O–H groups in total. The Bertz CT molecular complexity index is 889. The van der Waals surface area contributed by atoms with Crippen LogP contribution < -0.4 is 15.4 Å². The monoisotopic (exact) mass is 499 g/mol. The van der Waals surface area contributed by atoms with Crippen LogP contribution in [0.3, 0.4) is 0 Å². The van der Waals surface area contributed by atoms with Crippen molar-refractivity contribution in [2.24, 2.45) is 23.7 Å². The molecule has 2 heterocycles. The summed E-state index contributed by atoms with van der Waals surface area (Å²) >= 11 is 0. The first kappa shape index (κ1) is 24.7. The molecule has 2 unspecified atom stereocenters. The Hall–Kier alpha value is -1.64. The van der Waals surface area contributed by atoms with Gasteiger partial charge >= 0.3 is 0 Å². The molecule has 6 aliphatic rings. The number of nitrogens with one attached hydrogen (secondary N) is 2. The number of hydrogen-bond acceptors (Lipinski definition) is 6. The highest BCUT2D eigenvalue weighted by atomic mass is 16.5. The van der Waals surface area contributed by atoms with Gasteiger partial charge in [-0.1, -0.05) is 19.3 Å². The van der Waals surface area contributed by atoms with Crippen LogP contribution in [-0.4, -0.2) is 76.7 Å². The highest BCUT2D eigenvalue weighted by molar-refractivity contribution is 5.96. The van der Waals surface area contributed by atoms with Crippen molar-refractivity contribution in [2.75, 3.05) is 39.3 Å². The standard InChI is InChI=1S/C28H45N5O3/c34-26(31-25-22-13-21-14-23(25)17-28(35,15-21)16-22)24-18-30-33(12-11-32-9-4-7-29-8-10-32)27(24)36-19-20-5-2-1-3-6-20/h18,20-23,25,29,35H,1-17,19H2,(H,31,34)/t21?,22?,23?,25-,28-. The summed E-state index contributed by atoms with van der Waals surface area (Å²) < 4.78 is 8.35. The summed E-state index contributed by atoms with van der Waals surface area (Å²) in [6, 6.07) is 0.161. The van der Waals surface area contributed by atoms with E-state index < -0.39 is 5.60 Å². The molecule has 0 radical (unpaired) electrons. The maximum Gasteiger partial charge on any atom is 0.258 e. The van der Waals surface area contributed by atoms with E-state index >= 15 is 0 Å². The van der Waals surface area contributed by atoms with Crippen LogP contribution in [-0.2, 0) is 6.54 Å². The van der Waals surface area contributed by atoms with Crippen molar-refractivity contribution in [3.05, 3.63) is 11.8 Å². The minimum Gasteiger partial charge on any atom is -0.477 e. The molecule has 1 amide bonds. The van der Waals surface area contributed by atoms with Gasteiger partial charge in [0, 0.05) is 25.7 Å². The van der Waals surface area contributed by atoms with Gasteiger partial charge in [-0.25, -0.2) is 4.68 Å². The maximum atomic E-state index is 13.6. The fourth-order valence-electron chi connectivity index (χ4n) is 8.20. The van der Waals surface area contributed by atoms with Crippen LogP contribution in [0.5, 0.6) is 5.88 Å². The van der Waals surface area contributed by atoms with Crippen LogP contribution in [0.2, 0.25) is 0 Å². The smallest absolute Gasteiger partial charge is 0.258 e. The van der Waals surface area contributed by atoms with Gasteiger partial charge in [0.15, 0.2) is 0 Å². The predicted molar refractivity (Wildman–Crippen MR) is 138 cm³/mol. The van der Waals surface area contributed by atoms with Gasteiger partial charge in [-0.3, -0.25) is 4.79 Å². The molecule has 8 nitrogen and oxygen atoms in total. The molecule has 1 saturated heterocycles. The summed E-state index contributed by atoms with van der Waals surface area (Å²) in [4.78, 5) is 16.1. The second kappa shape index (κ2) is 10.6. The van der Waals surface area contributed by atoms with Crippen molar-refractivity contribution in [2.45, 2.75) is 88.8 Å². The molecule has 1 aromatic rings. The minimum absolute atomic E-state index is 0.0525. The Morgan fingerprint density at radius 2 is 1.89 bits per heavy atom. The van der Waals surface area contributed by atoms with Crippen molar-refractivity contribution >= 4 is 5.91 Å². The van der Waals surface area contributed by atoms with Crippen LogP contribution >= 0.6 is 0 Å². The van der Waals surface area contributed by atoms with Crippen molar-refractivity contribution in [3.8, 4) is 5.88 Å². The largest absolute Gasteiger partial charge is 0.477 e. The molecule has 6 fully saturated rings. The number of ether oxygens (including phenoxy) is 1. The summed E-state index contributed by atoms with van der Waals surface area (Å²) in [6.07, 6.45) is 14.1. The number of amides is 1. The Balaban J connectivity index is 1.15. The molecule has 1 aliphatic heterocycles. The first-order valence-electron chi connectivity index (χ1n) is 14.7. The number of carbonyl (C=O) groups is 1. The molecule has 36 heavy (non-hydrogen) atoms. The topological polar surface area (TPSA) is 91.7 Å². The average Bonchev–Trinajstić information content (AvgIpc) is 3.08. The van der Waals surface area contributed by atoms with Crippen LogP contribution in [0.1, 0.15) is 81.0 Å². The van der Waals surface area contributed by atoms with E-state index in [0.29, 0.717) is 41.7 Å². The third-order valence-electron chi connectivity index (χ3n) is 9.82. The first-order valence-corrected chi connectivity index (χ1v) is 14.7. The lowest BCUT2D eigenvalue weighted by molar-refractivity contribution is -0.136. The van der Waals surface area contributed by atoms with Gasteiger partial charge in [0.2, 0.25) is 5.88 Å². The second-order valence-corrected chi connectivity index (χ2v) is 12.5. The molecule has 200 valence electrons. The normalized spacial score (nSPS) is 35.0. The molecule has 5 saturated carbocycles. The summed E-state index contributed by atoms with van der Waals surface area (Å²) in [5, 5.41) is 22.5. The van der Waals surface area contributed by atoms with Crippen molar-refractivity contribution < 1.29 is 14.6 Å². The molecule has 5 aliphatic carbocycles. The molecule has 8 heteroatoms. The lowest BCUT2D eigenvalue weighted by Gasteiger charge is -2.58. The van der Waals surface area contributed by atoms with E-state index in [0.717, 1.165) is 77.8 Å². The molecule has 0 spiro atoms. The Morgan fingerprint density at radius 3 is 2.67 bits per heavy atom. The Kier molecular flexibility index (Phi) is 7.28. The van der Waals surface area contributed by atoms with Crippen LogP contribution in [0.25, 0.3) is 0 Å². The fourth-order valence-corrected chi connectivity index (χ4v) is 8.20. The van der Waals surface area contributed by atoms with E-state index in [1.807, 2.05) is 4.68 Å². The summed E-state index contributed by atoms with van der Waals surface area (Å²) in [5.41, 5.74) is 0.0931. The maximum absolute atomic E-state index is 13.6. The minimum atomic E-state index is -0.486. The van der Waals surface area contributed by atoms with E-state index in [1.54, 1.807) is 6.20 Å². The van der Waals surface area contributed by atoms with Crippen LogP contribution in [0.4, 0.5) is 0 Å². The van der Waals surface area contributed by atoms with Crippen LogP contribution in [0.15, 0.2) is 6.20 Å². The zero-order chi connectivity index (χ0) is 24.5. The van der Waals surface area contributed by atoms with Gasteiger partial charge in [-0.2, -0.15) is 5.10 Å². The van der Waals surface area contributed by atoms with Gasteiger partial charge in [0.25, 0.3) is 5.91 Å².